The number of carbonyl (C=O) groups is 1. The molecule has 4 heterocycles. The SMILES string of the molecule is Cc1ccc(-c2nn(-c3ccccc3)cc2C(=O)N2CCC[C@@H](c3nnc4n3CCCCC4)C2)cc1C. The van der Waals surface area contributed by atoms with E-state index in [0.717, 1.165) is 60.9 Å². The van der Waals surface area contributed by atoms with E-state index in [9.17, 15) is 4.79 Å². The van der Waals surface area contributed by atoms with E-state index in [4.69, 9.17) is 5.10 Å². The van der Waals surface area contributed by atoms with Gasteiger partial charge in [0.2, 0.25) is 0 Å². The van der Waals surface area contributed by atoms with E-state index >= 15 is 0 Å². The van der Waals surface area contributed by atoms with Gasteiger partial charge in [-0.15, -0.1) is 10.2 Å². The predicted octanol–water partition coefficient (Wildman–Crippen LogP) is 5.49. The summed E-state index contributed by atoms with van der Waals surface area (Å²) in [6.07, 6.45) is 8.49. The Bertz CT molecular complexity index is 1420. The molecule has 0 radical (unpaired) electrons. The molecule has 2 aromatic carbocycles. The summed E-state index contributed by atoms with van der Waals surface area (Å²) in [5.74, 6) is 2.42. The number of rotatable bonds is 4. The van der Waals surface area contributed by atoms with Crippen LogP contribution >= 0.6 is 0 Å². The van der Waals surface area contributed by atoms with Gasteiger partial charge < -0.3 is 9.47 Å². The van der Waals surface area contributed by atoms with E-state index in [1.54, 1.807) is 0 Å². The van der Waals surface area contributed by atoms with Gasteiger partial charge in [-0.25, -0.2) is 4.68 Å². The topological polar surface area (TPSA) is 68.8 Å². The summed E-state index contributed by atoms with van der Waals surface area (Å²) in [5.41, 5.74) is 5.70. The third-order valence-corrected chi connectivity index (χ3v) is 7.96. The Hall–Kier alpha value is -3.74. The summed E-state index contributed by atoms with van der Waals surface area (Å²) in [4.78, 5) is 16.1. The molecule has 0 bridgehead atoms. The molecule has 4 aromatic rings. The molecule has 7 heteroatoms. The van der Waals surface area contributed by atoms with Crippen molar-refractivity contribution in [1.29, 1.82) is 0 Å². The first-order valence-electron chi connectivity index (χ1n) is 13.5. The number of likely N-dealkylation sites (tertiary alicyclic amines) is 1. The molecule has 1 atom stereocenters. The number of hydrogen-bond donors (Lipinski definition) is 0. The molecule has 0 saturated carbocycles. The van der Waals surface area contributed by atoms with Gasteiger partial charge in [-0.3, -0.25) is 4.79 Å². The highest BCUT2D eigenvalue weighted by atomic mass is 16.2. The number of carbonyl (C=O) groups excluding carboxylic acids is 1. The van der Waals surface area contributed by atoms with Crippen LogP contribution in [0.5, 0.6) is 0 Å². The predicted molar refractivity (Wildman–Crippen MR) is 144 cm³/mol. The Morgan fingerprint density at radius 3 is 2.62 bits per heavy atom. The van der Waals surface area contributed by atoms with Crippen molar-refractivity contribution in [2.24, 2.45) is 0 Å². The number of para-hydroxylation sites is 1. The molecule has 0 unspecified atom stereocenters. The first-order valence-corrected chi connectivity index (χ1v) is 13.5. The average Bonchev–Trinajstić information content (AvgIpc) is 3.48. The van der Waals surface area contributed by atoms with Gasteiger partial charge in [-0.2, -0.15) is 5.10 Å². The minimum absolute atomic E-state index is 0.0377. The van der Waals surface area contributed by atoms with Crippen molar-refractivity contribution < 1.29 is 4.79 Å². The van der Waals surface area contributed by atoms with Crippen molar-refractivity contribution in [2.45, 2.75) is 64.8 Å². The molecule has 7 nitrogen and oxygen atoms in total. The van der Waals surface area contributed by atoms with Crippen molar-refractivity contribution in [2.75, 3.05) is 13.1 Å². The van der Waals surface area contributed by atoms with E-state index in [2.05, 4.69) is 46.8 Å². The van der Waals surface area contributed by atoms with Crippen LogP contribution in [-0.2, 0) is 13.0 Å². The van der Waals surface area contributed by atoms with Crippen LogP contribution in [0.15, 0.2) is 54.7 Å². The Morgan fingerprint density at radius 1 is 0.919 bits per heavy atom. The number of hydrogen-bond acceptors (Lipinski definition) is 4. The molecule has 1 saturated heterocycles. The number of piperidine rings is 1. The van der Waals surface area contributed by atoms with Gasteiger partial charge in [0.1, 0.15) is 17.3 Å². The molecule has 2 aliphatic heterocycles. The Kier molecular flexibility index (Phi) is 6.37. The maximum absolute atomic E-state index is 14.1. The first-order chi connectivity index (χ1) is 18.1. The highest BCUT2D eigenvalue weighted by Gasteiger charge is 2.32. The second-order valence-corrected chi connectivity index (χ2v) is 10.5. The molecular formula is C30H34N6O. The van der Waals surface area contributed by atoms with Crippen LogP contribution < -0.4 is 0 Å². The number of benzene rings is 2. The molecule has 0 spiro atoms. The molecule has 1 amide bonds. The number of aryl methyl sites for hydroxylation is 3. The van der Waals surface area contributed by atoms with E-state index < -0.39 is 0 Å². The summed E-state index contributed by atoms with van der Waals surface area (Å²) in [6.45, 7) is 6.61. The summed E-state index contributed by atoms with van der Waals surface area (Å²) in [5, 5.41) is 14.1. The lowest BCUT2D eigenvalue weighted by Crippen LogP contribution is -2.40. The first kappa shape index (κ1) is 23.6. The van der Waals surface area contributed by atoms with Crippen LogP contribution in [-0.4, -0.2) is 48.4 Å². The molecule has 2 aromatic heterocycles. The molecule has 37 heavy (non-hydrogen) atoms. The van der Waals surface area contributed by atoms with Crippen LogP contribution in [0.1, 0.15) is 71.2 Å². The van der Waals surface area contributed by atoms with E-state index in [1.165, 1.54) is 30.4 Å². The van der Waals surface area contributed by atoms with Gasteiger partial charge in [-0.05, 0) is 68.9 Å². The molecule has 190 valence electrons. The standard InChI is InChI=1S/C30H34N6O/c1-21-14-15-23(18-22(21)2)28-26(20-36(33-28)25-11-5-3-6-12-25)30(37)34-16-9-10-24(19-34)29-32-31-27-13-7-4-8-17-35(27)29/h3,5-6,11-12,14-15,18,20,24H,4,7-10,13,16-17,19H2,1-2H3/t24-/m1/s1. The quantitative estimate of drug-likeness (QED) is 0.376. The fourth-order valence-corrected chi connectivity index (χ4v) is 5.70. The summed E-state index contributed by atoms with van der Waals surface area (Å²) >= 11 is 0. The monoisotopic (exact) mass is 494 g/mol. The van der Waals surface area contributed by atoms with Crippen molar-refractivity contribution >= 4 is 5.91 Å². The van der Waals surface area contributed by atoms with Crippen molar-refractivity contribution in [1.82, 2.24) is 29.4 Å². The number of nitrogens with zero attached hydrogens (tertiary/aromatic N) is 6. The normalized spacial score (nSPS) is 17.9. The second-order valence-electron chi connectivity index (χ2n) is 10.5. The van der Waals surface area contributed by atoms with E-state index in [0.29, 0.717) is 12.1 Å². The van der Waals surface area contributed by atoms with Gasteiger partial charge in [0.15, 0.2) is 0 Å². The summed E-state index contributed by atoms with van der Waals surface area (Å²) in [6, 6.07) is 16.3. The van der Waals surface area contributed by atoms with Crippen molar-refractivity contribution in [3.63, 3.8) is 0 Å². The van der Waals surface area contributed by atoms with Crippen LogP contribution in [0.3, 0.4) is 0 Å². The maximum atomic E-state index is 14.1. The molecule has 0 N–H and O–H groups in total. The molecule has 6 rings (SSSR count). The Labute approximate surface area is 218 Å². The Balaban J connectivity index is 1.34. The van der Waals surface area contributed by atoms with Gasteiger partial charge >= 0.3 is 0 Å². The zero-order valence-electron chi connectivity index (χ0n) is 21.7. The largest absolute Gasteiger partial charge is 0.338 e. The highest BCUT2D eigenvalue weighted by Crippen LogP contribution is 2.31. The van der Waals surface area contributed by atoms with E-state index in [-0.39, 0.29) is 11.8 Å². The lowest BCUT2D eigenvalue weighted by molar-refractivity contribution is 0.0704. The minimum Gasteiger partial charge on any atom is -0.338 e. The van der Waals surface area contributed by atoms with Crippen LogP contribution in [0.25, 0.3) is 16.9 Å². The summed E-state index contributed by atoms with van der Waals surface area (Å²) in [7, 11) is 0. The fourth-order valence-electron chi connectivity index (χ4n) is 5.70. The smallest absolute Gasteiger partial charge is 0.257 e. The number of amides is 1. The van der Waals surface area contributed by atoms with Crippen LogP contribution in [0.4, 0.5) is 0 Å². The zero-order valence-corrected chi connectivity index (χ0v) is 21.7. The van der Waals surface area contributed by atoms with Gasteiger partial charge in [0, 0.05) is 43.7 Å². The lowest BCUT2D eigenvalue weighted by Gasteiger charge is -2.32. The Morgan fingerprint density at radius 2 is 1.78 bits per heavy atom. The van der Waals surface area contributed by atoms with Crippen molar-refractivity contribution in [3.05, 3.63) is 83.1 Å². The molecular weight excluding hydrogens is 460 g/mol. The number of aromatic nitrogens is 5. The van der Waals surface area contributed by atoms with Crippen LogP contribution in [0, 0.1) is 13.8 Å². The summed E-state index contributed by atoms with van der Waals surface area (Å²) < 4.78 is 4.16. The fraction of sp³-hybridized carbons (Fsp3) is 0.400. The second kappa shape index (κ2) is 9.96. The van der Waals surface area contributed by atoms with E-state index in [1.807, 2.05) is 46.1 Å². The van der Waals surface area contributed by atoms with Crippen molar-refractivity contribution in [3.8, 4) is 16.9 Å². The third-order valence-electron chi connectivity index (χ3n) is 7.96. The van der Waals surface area contributed by atoms with Gasteiger partial charge in [0.05, 0.1) is 11.3 Å². The number of fused-ring (bicyclic) bond motifs is 1. The highest BCUT2D eigenvalue weighted by molar-refractivity contribution is 6.00. The zero-order chi connectivity index (χ0) is 25.4. The average molecular weight is 495 g/mol. The van der Waals surface area contributed by atoms with Gasteiger partial charge in [0.25, 0.3) is 5.91 Å². The minimum atomic E-state index is 0.0377. The molecule has 1 fully saturated rings. The van der Waals surface area contributed by atoms with Crippen LogP contribution in [0.2, 0.25) is 0 Å². The molecule has 0 aliphatic carbocycles. The maximum Gasteiger partial charge on any atom is 0.257 e. The van der Waals surface area contributed by atoms with Gasteiger partial charge in [-0.1, -0.05) is 36.8 Å². The molecule has 2 aliphatic rings. The lowest BCUT2D eigenvalue weighted by atomic mass is 9.95. The third kappa shape index (κ3) is 4.59.